The minimum absolute atomic E-state index is 0.0630. The van der Waals surface area contributed by atoms with Crippen LogP contribution in [0.1, 0.15) is 18.9 Å². The molecule has 2 aliphatic heterocycles. The summed E-state index contributed by atoms with van der Waals surface area (Å²) in [5, 5.41) is 6.56. The number of carbonyl (C=O) groups is 1. The molecular formula is C16H22N2O2. The summed E-state index contributed by atoms with van der Waals surface area (Å²) in [7, 11) is 0. The van der Waals surface area contributed by atoms with Crippen molar-refractivity contribution in [3.8, 4) is 5.75 Å². The summed E-state index contributed by atoms with van der Waals surface area (Å²) in [5.41, 5.74) is 1.14. The van der Waals surface area contributed by atoms with Crippen LogP contribution in [0.4, 0.5) is 0 Å². The zero-order valence-corrected chi connectivity index (χ0v) is 11.9. The summed E-state index contributed by atoms with van der Waals surface area (Å²) in [4.78, 5) is 12.4. The number of hydrogen-bond donors (Lipinski definition) is 2. The van der Waals surface area contributed by atoms with Crippen molar-refractivity contribution in [3.63, 3.8) is 0 Å². The molecule has 0 radical (unpaired) electrons. The molecule has 1 aromatic rings. The van der Waals surface area contributed by atoms with Crippen LogP contribution in [0.25, 0.3) is 0 Å². The Bertz CT molecular complexity index is 489. The highest BCUT2D eigenvalue weighted by atomic mass is 16.5. The molecule has 1 aromatic carbocycles. The second-order valence-electron chi connectivity index (χ2n) is 5.90. The molecule has 1 fully saturated rings. The van der Waals surface area contributed by atoms with Gasteiger partial charge in [-0.3, -0.25) is 4.79 Å². The zero-order valence-electron chi connectivity index (χ0n) is 11.9. The highest BCUT2D eigenvalue weighted by Crippen LogP contribution is 2.27. The van der Waals surface area contributed by atoms with Crippen LogP contribution in [-0.4, -0.2) is 31.6 Å². The van der Waals surface area contributed by atoms with E-state index >= 15 is 0 Å². The molecule has 3 rings (SSSR count). The molecule has 3 atom stereocenters. The third kappa shape index (κ3) is 2.80. The van der Waals surface area contributed by atoms with E-state index in [2.05, 4.69) is 17.6 Å². The first-order valence-corrected chi connectivity index (χ1v) is 7.46. The van der Waals surface area contributed by atoms with E-state index in [9.17, 15) is 4.79 Å². The molecule has 4 heteroatoms. The smallest absolute Gasteiger partial charge is 0.227 e. The highest BCUT2D eigenvalue weighted by molar-refractivity contribution is 5.80. The molecule has 4 nitrogen and oxygen atoms in total. The van der Waals surface area contributed by atoms with Crippen molar-refractivity contribution in [2.24, 2.45) is 11.8 Å². The second kappa shape index (κ2) is 5.83. The predicted octanol–water partition coefficient (Wildman–Crippen LogP) is 1.35. The Morgan fingerprint density at radius 1 is 1.40 bits per heavy atom. The first kappa shape index (κ1) is 13.4. The Hall–Kier alpha value is -1.55. The maximum absolute atomic E-state index is 12.4. The fourth-order valence-electron chi connectivity index (χ4n) is 3.03. The van der Waals surface area contributed by atoms with Gasteiger partial charge in [-0.05, 0) is 43.5 Å². The summed E-state index contributed by atoms with van der Waals surface area (Å²) in [5.74, 6) is 1.49. The molecule has 1 saturated heterocycles. The van der Waals surface area contributed by atoms with Crippen LogP contribution < -0.4 is 15.4 Å². The molecule has 20 heavy (non-hydrogen) atoms. The van der Waals surface area contributed by atoms with Crippen molar-refractivity contribution in [2.45, 2.75) is 25.8 Å². The molecule has 0 spiro atoms. The van der Waals surface area contributed by atoms with Crippen LogP contribution in [0.2, 0.25) is 0 Å². The van der Waals surface area contributed by atoms with Gasteiger partial charge in [0, 0.05) is 6.04 Å². The van der Waals surface area contributed by atoms with E-state index in [0.717, 1.165) is 37.2 Å². The number of amides is 1. The zero-order chi connectivity index (χ0) is 13.9. The topological polar surface area (TPSA) is 50.4 Å². The second-order valence-corrected chi connectivity index (χ2v) is 5.90. The average molecular weight is 274 g/mol. The molecule has 0 aliphatic carbocycles. The number of para-hydroxylation sites is 1. The number of rotatable bonds is 2. The molecule has 1 amide bonds. The van der Waals surface area contributed by atoms with Crippen LogP contribution in [0.3, 0.4) is 0 Å². The van der Waals surface area contributed by atoms with Gasteiger partial charge in [0.25, 0.3) is 0 Å². The quantitative estimate of drug-likeness (QED) is 0.856. The summed E-state index contributed by atoms with van der Waals surface area (Å²) in [6.07, 6.45) is 1.79. The highest BCUT2D eigenvalue weighted by Gasteiger charge is 2.29. The molecule has 108 valence electrons. The average Bonchev–Trinajstić information content (AvgIpc) is 2.49. The van der Waals surface area contributed by atoms with Crippen molar-refractivity contribution < 1.29 is 9.53 Å². The lowest BCUT2D eigenvalue weighted by molar-refractivity contribution is -0.127. The van der Waals surface area contributed by atoms with Gasteiger partial charge in [-0.15, -0.1) is 0 Å². The Morgan fingerprint density at radius 2 is 2.25 bits per heavy atom. The fourth-order valence-corrected chi connectivity index (χ4v) is 3.03. The van der Waals surface area contributed by atoms with E-state index in [4.69, 9.17) is 4.74 Å². The molecule has 2 heterocycles. The summed E-state index contributed by atoms with van der Waals surface area (Å²) < 4.78 is 5.70. The van der Waals surface area contributed by atoms with E-state index in [-0.39, 0.29) is 11.8 Å². The molecule has 0 bridgehead atoms. The number of benzene rings is 1. The van der Waals surface area contributed by atoms with E-state index < -0.39 is 0 Å². The van der Waals surface area contributed by atoms with Crippen molar-refractivity contribution in [1.29, 1.82) is 0 Å². The van der Waals surface area contributed by atoms with Gasteiger partial charge in [0.05, 0.1) is 5.92 Å². The van der Waals surface area contributed by atoms with Gasteiger partial charge in [0.1, 0.15) is 12.4 Å². The maximum atomic E-state index is 12.4. The van der Waals surface area contributed by atoms with Gasteiger partial charge in [0.15, 0.2) is 0 Å². The molecule has 3 unspecified atom stereocenters. The first-order valence-electron chi connectivity index (χ1n) is 7.46. The molecule has 2 N–H and O–H groups in total. The van der Waals surface area contributed by atoms with E-state index in [1.807, 2.05) is 24.3 Å². The lowest BCUT2D eigenvalue weighted by atomic mass is 9.92. The Morgan fingerprint density at radius 3 is 3.10 bits per heavy atom. The van der Waals surface area contributed by atoms with Crippen molar-refractivity contribution >= 4 is 5.91 Å². The third-order valence-corrected chi connectivity index (χ3v) is 4.36. The fraction of sp³-hybridized carbons (Fsp3) is 0.562. The van der Waals surface area contributed by atoms with Crippen LogP contribution in [0.5, 0.6) is 5.75 Å². The van der Waals surface area contributed by atoms with Gasteiger partial charge in [-0.25, -0.2) is 0 Å². The van der Waals surface area contributed by atoms with Crippen LogP contribution in [0, 0.1) is 11.8 Å². The van der Waals surface area contributed by atoms with Gasteiger partial charge in [0.2, 0.25) is 5.91 Å². The lowest BCUT2D eigenvalue weighted by Gasteiger charge is -2.32. The molecule has 2 aliphatic rings. The first-order chi connectivity index (χ1) is 9.74. The lowest BCUT2D eigenvalue weighted by Crippen LogP contribution is -2.51. The molecule has 0 aromatic heterocycles. The minimum Gasteiger partial charge on any atom is -0.492 e. The van der Waals surface area contributed by atoms with Gasteiger partial charge >= 0.3 is 0 Å². The number of nitrogens with one attached hydrogen (secondary N) is 2. The standard InChI is InChI=1S/C16H22N2O2/c1-11-9-17-7-6-14(11)18-16(19)13-8-12-4-2-3-5-15(12)20-10-13/h2-5,11,13-14,17H,6-10H2,1H3,(H,18,19). The van der Waals surface area contributed by atoms with E-state index in [0.29, 0.717) is 18.6 Å². The van der Waals surface area contributed by atoms with Crippen LogP contribution >= 0.6 is 0 Å². The van der Waals surface area contributed by atoms with Crippen LogP contribution in [-0.2, 0) is 11.2 Å². The molecule has 0 saturated carbocycles. The number of carbonyl (C=O) groups excluding carboxylic acids is 1. The van der Waals surface area contributed by atoms with Crippen molar-refractivity contribution in [3.05, 3.63) is 29.8 Å². The summed E-state index contributed by atoms with van der Waals surface area (Å²) >= 11 is 0. The normalized spacial score (nSPS) is 29.1. The Balaban J connectivity index is 1.61. The maximum Gasteiger partial charge on any atom is 0.227 e. The van der Waals surface area contributed by atoms with E-state index in [1.165, 1.54) is 0 Å². The van der Waals surface area contributed by atoms with Gasteiger partial charge < -0.3 is 15.4 Å². The monoisotopic (exact) mass is 274 g/mol. The van der Waals surface area contributed by atoms with Crippen LogP contribution in [0.15, 0.2) is 24.3 Å². The third-order valence-electron chi connectivity index (χ3n) is 4.36. The Kier molecular flexibility index (Phi) is 3.92. The van der Waals surface area contributed by atoms with Gasteiger partial charge in [-0.1, -0.05) is 25.1 Å². The number of ether oxygens (including phenoxy) is 1. The van der Waals surface area contributed by atoms with Gasteiger partial charge in [-0.2, -0.15) is 0 Å². The predicted molar refractivity (Wildman–Crippen MR) is 77.7 cm³/mol. The number of hydrogen-bond acceptors (Lipinski definition) is 3. The largest absolute Gasteiger partial charge is 0.492 e. The number of piperidine rings is 1. The molecular weight excluding hydrogens is 252 g/mol. The van der Waals surface area contributed by atoms with Crippen molar-refractivity contribution in [1.82, 2.24) is 10.6 Å². The van der Waals surface area contributed by atoms with Crippen molar-refractivity contribution in [2.75, 3.05) is 19.7 Å². The van der Waals surface area contributed by atoms with E-state index in [1.54, 1.807) is 0 Å². The minimum atomic E-state index is -0.0630. The summed E-state index contributed by atoms with van der Waals surface area (Å²) in [6.45, 7) is 4.64. The summed E-state index contributed by atoms with van der Waals surface area (Å²) in [6, 6.07) is 8.27. The SMILES string of the molecule is CC1CNCCC1NC(=O)C1COc2ccccc2C1. The number of fused-ring (bicyclic) bond motifs is 1. The Labute approximate surface area is 119 Å².